The Kier molecular flexibility index (Phi) is 6.61. The highest BCUT2D eigenvalue weighted by Crippen LogP contribution is 2.40. The van der Waals surface area contributed by atoms with Crippen molar-refractivity contribution >= 4 is 76.8 Å². The number of aromatic nitrogens is 3. The largest absolute Gasteiger partial charge is 0.311 e. The normalized spacial score (nSPS) is 11.6. The van der Waals surface area contributed by atoms with E-state index < -0.39 is 0 Å². The second-order valence-corrected chi connectivity index (χ2v) is 14.0. The van der Waals surface area contributed by atoms with Crippen molar-refractivity contribution < 1.29 is 0 Å². The number of para-hydroxylation sites is 4. The third-order valence-corrected chi connectivity index (χ3v) is 11.0. The average molecular weight is 700 g/mol. The number of rotatable bonds is 4. The van der Waals surface area contributed by atoms with Crippen LogP contribution in [0.1, 0.15) is 0 Å². The van der Waals surface area contributed by atoms with Gasteiger partial charge in [-0.1, -0.05) is 91.0 Å². The molecule has 254 valence electrons. The highest BCUT2D eigenvalue weighted by molar-refractivity contribution is 6.13. The van der Waals surface area contributed by atoms with Crippen molar-refractivity contribution in [3.8, 4) is 28.2 Å². The van der Waals surface area contributed by atoms with Gasteiger partial charge in [0.15, 0.2) is 11.4 Å². The van der Waals surface area contributed by atoms with Crippen LogP contribution in [0.25, 0.3) is 103 Å². The highest BCUT2D eigenvalue weighted by Gasteiger charge is 2.18. The molecule has 0 amide bonds. The number of hydrogen-bond donors (Lipinski definition) is 0. The van der Waals surface area contributed by atoms with Crippen molar-refractivity contribution in [3.05, 3.63) is 199 Å². The van der Waals surface area contributed by atoms with Crippen LogP contribution in [-0.4, -0.2) is 13.7 Å². The maximum Gasteiger partial charge on any atom is 0.189 e. The maximum atomic E-state index is 8.08. The summed E-state index contributed by atoms with van der Waals surface area (Å²) >= 11 is 0. The molecule has 8 aromatic carbocycles. The lowest BCUT2D eigenvalue weighted by Gasteiger charge is -2.14. The Morgan fingerprint density at radius 2 is 0.745 bits per heavy atom. The molecule has 0 saturated heterocycles. The van der Waals surface area contributed by atoms with Crippen molar-refractivity contribution in [2.24, 2.45) is 0 Å². The van der Waals surface area contributed by atoms with E-state index in [2.05, 4.69) is 157 Å². The first-order valence-corrected chi connectivity index (χ1v) is 18.2. The van der Waals surface area contributed by atoms with Crippen LogP contribution in [0.15, 0.2) is 176 Å². The van der Waals surface area contributed by atoms with Gasteiger partial charge in [0.2, 0.25) is 0 Å². The second-order valence-electron chi connectivity index (χ2n) is 14.0. The first kappa shape index (κ1) is 30.7. The summed E-state index contributed by atoms with van der Waals surface area (Å²) in [4.78, 5) is 7.62. The highest BCUT2D eigenvalue weighted by atomic mass is 15.0. The molecule has 0 saturated carbocycles. The lowest BCUT2D eigenvalue weighted by Crippen LogP contribution is -1.97. The predicted octanol–water partition coefficient (Wildman–Crippen LogP) is 13.7. The minimum absolute atomic E-state index is 0.566. The third kappa shape index (κ3) is 4.58. The van der Waals surface area contributed by atoms with E-state index in [0.29, 0.717) is 11.4 Å². The van der Waals surface area contributed by atoms with Crippen LogP contribution in [0.3, 0.4) is 0 Å². The van der Waals surface area contributed by atoms with Gasteiger partial charge in [-0.25, -0.2) is 9.69 Å². The van der Waals surface area contributed by atoms with E-state index in [1.807, 2.05) is 42.5 Å². The summed E-state index contributed by atoms with van der Waals surface area (Å²) in [6.07, 6.45) is 0. The van der Waals surface area contributed by atoms with Crippen molar-refractivity contribution in [1.82, 2.24) is 13.7 Å². The quantitative estimate of drug-likeness (QED) is 0.163. The Morgan fingerprint density at radius 1 is 0.291 bits per heavy atom. The molecule has 0 atom stereocenters. The molecule has 0 spiro atoms. The van der Waals surface area contributed by atoms with Crippen LogP contribution in [0.2, 0.25) is 0 Å². The molecular weight excluding hydrogens is 671 g/mol. The van der Waals surface area contributed by atoms with Crippen LogP contribution < -0.4 is 0 Å². The van der Waals surface area contributed by atoms with E-state index in [4.69, 9.17) is 13.1 Å². The molecule has 0 aliphatic carbocycles. The van der Waals surface area contributed by atoms with Crippen molar-refractivity contribution in [3.63, 3.8) is 0 Å². The number of benzene rings is 8. The Bertz CT molecular complexity index is 3420. The summed E-state index contributed by atoms with van der Waals surface area (Å²) in [6.45, 7) is 15.7. The lowest BCUT2D eigenvalue weighted by atomic mass is 10.0. The zero-order chi connectivity index (χ0) is 36.6. The Hall–Kier alpha value is -7.86. The predicted molar refractivity (Wildman–Crippen MR) is 227 cm³/mol. The van der Waals surface area contributed by atoms with E-state index in [1.54, 1.807) is 0 Å². The van der Waals surface area contributed by atoms with Crippen LogP contribution in [-0.2, 0) is 0 Å². The molecule has 0 aliphatic rings. The Labute approximate surface area is 316 Å². The summed E-state index contributed by atoms with van der Waals surface area (Å²) in [5.41, 5.74) is 12.9. The van der Waals surface area contributed by atoms with Gasteiger partial charge in [0.1, 0.15) is 0 Å². The van der Waals surface area contributed by atoms with Crippen LogP contribution >= 0.6 is 0 Å². The minimum atomic E-state index is 0.566. The Balaban J connectivity index is 1.09. The molecule has 0 fully saturated rings. The van der Waals surface area contributed by atoms with Crippen LogP contribution in [0, 0.1) is 13.1 Å². The standard InChI is InChI=1S/C50H29N5/c1-51-34-22-24-49-43(30-34)41-16-5-10-21-48(41)55(49)38-28-33(26-35(29-38)52-2)32-12-11-13-36(27-32)53-47-20-9-6-17-42(47)44-31-37(23-25-50(44)53)54-45-18-7-3-14-39(45)40-15-4-8-19-46(40)54/h3-31H. The SMILES string of the molecule is [C-]#[N+]c1cc(-c2cccc(-n3c4ccccc4c4cc(-n5c6ccccc6c6ccccc65)ccc43)c2)cc(-n2c3ccccc3c3cc([N+]#[C-])ccc32)c1. The molecule has 11 aromatic rings. The molecule has 0 bridgehead atoms. The van der Waals surface area contributed by atoms with Gasteiger partial charge in [-0.2, -0.15) is 0 Å². The van der Waals surface area contributed by atoms with Gasteiger partial charge in [-0.15, -0.1) is 0 Å². The monoisotopic (exact) mass is 699 g/mol. The summed E-state index contributed by atoms with van der Waals surface area (Å²) in [5, 5.41) is 6.97. The molecule has 55 heavy (non-hydrogen) atoms. The summed E-state index contributed by atoms with van der Waals surface area (Å²) < 4.78 is 6.94. The topological polar surface area (TPSA) is 23.5 Å². The van der Waals surface area contributed by atoms with Gasteiger partial charge in [-0.3, -0.25) is 0 Å². The van der Waals surface area contributed by atoms with Gasteiger partial charge < -0.3 is 13.7 Å². The zero-order valence-corrected chi connectivity index (χ0v) is 29.5. The number of fused-ring (bicyclic) bond motifs is 9. The number of nitrogens with zero attached hydrogens (tertiary/aromatic N) is 5. The lowest BCUT2D eigenvalue weighted by molar-refractivity contribution is 1.16. The Morgan fingerprint density at radius 3 is 1.33 bits per heavy atom. The van der Waals surface area contributed by atoms with E-state index in [1.165, 1.54) is 32.6 Å². The first-order chi connectivity index (χ1) is 27.2. The molecule has 0 N–H and O–H groups in total. The number of hydrogen-bond acceptors (Lipinski definition) is 0. The van der Waals surface area contributed by atoms with E-state index in [-0.39, 0.29) is 0 Å². The van der Waals surface area contributed by atoms with Gasteiger partial charge >= 0.3 is 0 Å². The molecule has 0 radical (unpaired) electrons. The van der Waals surface area contributed by atoms with Crippen molar-refractivity contribution in [1.29, 1.82) is 0 Å². The maximum absolute atomic E-state index is 8.08. The van der Waals surface area contributed by atoms with Gasteiger partial charge in [0.25, 0.3) is 0 Å². The molecule has 5 nitrogen and oxygen atoms in total. The molecule has 0 unspecified atom stereocenters. The molecule has 5 heteroatoms. The van der Waals surface area contributed by atoms with E-state index >= 15 is 0 Å². The molecule has 3 heterocycles. The molecule has 3 aromatic heterocycles. The third-order valence-electron chi connectivity index (χ3n) is 11.0. The molecule has 0 aliphatic heterocycles. The smallest absolute Gasteiger partial charge is 0.189 e. The van der Waals surface area contributed by atoms with Crippen LogP contribution in [0.4, 0.5) is 11.4 Å². The summed E-state index contributed by atoms with van der Waals surface area (Å²) in [5.74, 6) is 0. The van der Waals surface area contributed by atoms with E-state index in [9.17, 15) is 0 Å². The minimum Gasteiger partial charge on any atom is -0.311 e. The van der Waals surface area contributed by atoms with Crippen molar-refractivity contribution in [2.75, 3.05) is 0 Å². The van der Waals surface area contributed by atoms with Crippen molar-refractivity contribution in [2.45, 2.75) is 0 Å². The van der Waals surface area contributed by atoms with Gasteiger partial charge in [0, 0.05) is 44.0 Å². The summed E-state index contributed by atoms with van der Waals surface area (Å²) in [7, 11) is 0. The van der Waals surface area contributed by atoms with E-state index in [0.717, 1.165) is 61.0 Å². The fourth-order valence-electron chi connectivity index (χ4n) is 8.67. The molecule has 11 rings (SSSR count). The molecular formula is C50H29N5. The second kappa shape index (κ2) is 11.8. The fraction of sp³-hybridized carbons (Fsp3) is 0. The van der Waals surface area contributed by atoms with Gasteiger partial charge in [-0.05, 0) is 101 Å². The first-order valence-electron chi connectivity index (χ1n) is 18.2. The zero-order valence-electron chi connectivity index (χ0n) is 29.5. The van der Waals surface area contributed by atoms with Gasteiger partial charge in [0.05, 0.1) is 46.2 Å². The summed E-state index contributed by atoms with van der Waals surface area (Å²) in [6, 6.07) is 61.6. The van der Waals surface area contributed by atoms with Crippen LogP contribution in [0.5, 0.6) is 0 Å². The fourth-order valence-corrected chi connectivity index (χ4v) is 8.67. The average Bonchev–Trinajstić information content (AvgIpc) is 3.89.